The van der Waals surface area contributed by atoms with E-state index in [0.717, 1.165) is 96.4 Å². The van der Waals surface area contributed by atoms with Gasteiger partial charge >= 0.3 is 0 Å². The van der Waals surface area contributed by atoms with Crippen molar-refractivity contribution >= 4 is 195 Å². The van der Waals surface area contributed by atoms with E-state index in [1.807, 2.05) is 22.7 Å². The minimum Gasteiger partial charge on any atom is -0.458 e. The van der Waals surface area contributed by atoms with Crippen molar-refractivity contribution in [1.29, 1.82) is 0 Å². The molecule has 0 radical (unpaired) electrons. The molecule has 14 aromatic carbocycles. The zero-order chi connectivity index (χ0) is 61.5. The summed E-state index contributed by atoms with van der Waals surface area (Å²) in [5.74, 6) is 1.65. The second-order valence-electron chi connectivity index (χ2n) is 24.7. The fourth-order valence-electron chi connectivity index (χ4n) is 15.8. The van der Waals surface area contributed by atoms with E-state index in [9.17, 15) is 0 Å². The lowest BCUT2D eigenvalue weighted by Gasteiger charge is -2.46. The Balaban J connectivity index is 0.917. The van der Waals surface area contributed by atoms with Crippen LogP contribution in [0.25, 0.3) is 40.3 Å². The van der Waals surface area contributed by atoms with Crippen LogP contribution in [0.5, 0.6) is 11.5 Å². The van der Waals surface area contributed by atoms with Crippen LogP contribution < -0.4 is 62.0 Å². The van der Waals surface area contributed by atoms with Crippen molar-refractivity contribution in [3.63, 3.8) is 0 Å². The van der Waals surface area contributed by atoms with Crippen LogP contribution in [0.1, 0.15) is 0 Å². The third-order valence-corrected chi connectivity index (χ3v) is 21.8. The summed E-state index contributed by atoms with van der Waals surface area (Å²) in [5, 5.41) is 5.03. The molecule has 6 nitrogen and oxygen atoms in total. The Morgan fingerprint density at radius 1 is 0.266 bits per heavy atom. The molecule has 0 bridgehead atoms. The first kappa shape index (κ1) is 53.1. The van der Waals surface area contributed by atoms with Crippen molar-refractivity contribution in [2.24, 2.45) is 0 Å². The fourth-order valence-corrected chi connectivity index (χ4v) is 18.0. The molecule has 0 amide bonds. The minimum atomic E-state index is -0.237. The molecule has 6 heterocycles. The van der Waals surface area contributed by atoms with Gasteiger partial charge in [0.25, 0.3) is 13.4 Å². The summed E-state index contributed by atoms with van der Waals surface area (Å²) in [6.45, 7) is -0.459. The molecule has 0 unspecified atom stereocenters. The number of para-hydroxylation sites is 7. The second kappa shape index (κ2) is 21.0. The molecule has 0 saturated carbocycles. The molecule has 94 heavy (non-hydrogen) atoms. The fraction of sp³-hybridized carbons (Fsp3) is 0. The highest BCUT2D eigenvalue weighted by Gasteiger charge is 2.49. The van der Waals surface area contributed by atoms with Gasteiger partial charge in [-0.05, 0) is 160 Å². The van der Waals surface area contributed by atoms with E-state index >= 15 is 0 Å². The van der Waals surface area contributed by atoms with Gasteiger partial charge in [0.2, 0.25) is 0 Å². The van der Waals surface area contributed by atoms with Crippen LogP contribution in [0.2, 0.25) is 0 Å². The number of rotatable bonds is 9. The maximum absolute atomic E-state index is 7.90. The van der Waals surface area contributed by atoms with Gasteiger partial charge in [-0.15, -0.1) is 22.7 Å². The number of nitrogens with zero attached hydrogens (tertiary/aromatic N) is 5. The van der Waals surface area contributed by atoms with E-state index in [1.54, 1.807) is 0 Å². The maximum atomic E-state index is 7.90. The van der Waals surface area contributed by atoms with E-state index in [4.69, 9.17) is 4.74 Å². The average molecular weight is 1230 g/mol. The van der Waals surface area contributed by atoms with E-state index in [1.165, 1.54) is 73.6 Å². The van der Waals surface area contributed by atoms with Crippen LogP contribution in [0.3, 0.4) is 0 Å². The molecule has 4 aliphatic rings. The largest absolute Gasteiger partial charge is 0.458 e. The van der Waals surface area contributed by atoms with Gasteiger partial charge in [-0.25, -0.2) is 0 Å². The summed E-state index contributed by atoms with van der Waals surface area (Å²) in [6.07, 6.45) is 0. The molecule has 0 fully saturated rings. The molecule has 20 rings (SSSR count). The van der Waals surface area contributed by atoms with Gasteiger partial charge in [-0.2, -0.15) is 0 Å². The van der Waals surface area contributed by atoms with E-state index < -0.39 is 0 Å². The lowest BCUT2D eigenvalue weighted by molar-refractivity contribution is 0.488. The van der Waals surface area contributed by atoms with Gasteiger partial charge in [-0.3, -0.25) is 0 Å². The lowest BCUT2D eigenvalue weighted by Crippen LogP contribution is -2.64. The number of ether oxygens (including phenoxy) is 1. The van der Waals surface area contributed by atoms with Gasteiger partial charge in [0, 0.05) is 115 Å². The molecular weight excluding hydrogens is 1180 g/mol. The Kier molecular flexibility index (Phi) is 11.9. The van der Waals surface area contributed by atoms with Crippen molar-refractivity contribution in [3.8, 4) is 11.5 Å². The van der Waals surface area contributed by atoms with Gasteiger partial charge in [0.15, 0.2) is 0 Å². The van der Waals surface area contributed by atoms with Crippen LogP contribution in [-0.2, 0) is 0 Å². The topological polar surface area (TPSA) is 25.4 Å². The van der Waals surface area contributed by atoms with E-state index in [0.29, 0.717) is 0 Å². The van der Waals surface area contributed by atoms with Crippen LogP contribution in [0.4, 0.5) is 85.3 Å². The predicted molar refractivity (Wildman–Crippen MR) is 401 cm³/mol. The average Bonchev–Trinajstić information content (AvgIpc) is 0.914. The molecule has 0 atom stereocenters. The van der Waals surface area contributed by atoms with Crippen LogP contribution in [0.15, 0.2) is 322 Å². The number of fused-ring (bicyclic) bond motifs is 16. The van der Waals surface area contributed by atoms with Gasteiger partial charge in [-0.1, -0.05) is 182 Å². The van der Waals surface area contributed by atoms with E-state index in [-0.39, 0.29) is 13.4 Å². The Hall–Kier alpha value is -11.6. The normalized spacial score (nSPS) is 13.1. The Labute approximate surface area is 553 Å². The zero-order valence-corrected chi connectivity index (χ0v) is 52.3. The van der Waals surface area contributed by atoms with Crippen LogP contribution in [0, 0.1) is 0 Å². The van der Waals surface area contributed by atoms with Crippen molar-refractivity contribution in [3.05, 3.63) is 322 Å². The molecular formula is C84H53B2N5OS2. The van der Waals surface area contributed by atoms with Gasteiger partial charge in [0.05, 0.1) is 22.7 Å². The molecule has 0 N–H and O–H groups in total. The molecule has 0 saturated heterocycles. The van der Waals surface area contributed by atoms with Gasteiger partial charge < -0.3 is 29.2 Å². The smallest absolute Gasteiger partial charge is 0.256 e. The molecule has 0 aliphatic carbocycles. The molecule has 438 valence electrons. The third kappa shape index (κ3) is 7.97. The predicted octanol–water partition coefficient (Wildman–Crippen LogP) is 19.8. The van der Waals surface area contributed by atoms with Crippen molar-refractivity contribution in [2.75, 3.05) is 24.5 Å². The van der Waals surface area contributed by atoms with Gasteiger partial charge in [0.1, 0.15) is 11.5 Å². The zero-order valence-electron chi connectivity index (χ0n) is 50.7. The van der Waals surface area contributed by atoms with Crippen LogP contribution in [-0.4, -0.2) is 13.4 Å². The first-order valence-corrected chi connectivity index (χ1v) is 33.8. The summed E-state index contributed by atoms with van der Waals surface area (Å²) in [4.78, 5) is 12.5. The monoisotopic (exact) mass is 1230 g/mol. The van der Waals surface area contributed by atoms with Crippen LogP contribution >= 0.6 is 22.7 Å². The highest BCUT2D eigenvalue weighted by atomic mass is 32.1. The molecule has 4 aliphatic heterocycles. The van der Waals surface area contributed by atoms with E-state index in [2.05, 4.69) is 346 Å². The molecule has 16 aromatic rings. The first-order chi connectivity index (χ1) is 46.7. The third-order valence-electron chi connectivity index (χ3n) is 19.5. The Bertz CT molecular complexity index is 5620. The summed E-state index contributed by atoms with van der Waals surface area (Å²) >= 11 is 3.75. The SMILES string of the molecule is c1ccc(N(c2ccccc2)c2cc3c4c(c2)N(c2ccccc2)c2c(ccc5sc6ccccc6c25)B4c2cc4c(cc2O3)N(c2ccccc2)c2cc(N(c3ccccc3)c3ccccc3)cc3c2B4c2ccc4sc5ccccc5c4c2N3c2ccccc2)cc1. The van der Waals surface area contributed by atoms with Crippen molar-refractivity contribution in [1.82, 2.24) is 0 Å². The number of hydrogen-bond acceptors (Lipinski definition) is 8. The standard InChI is InChI=1S/C84H53B2N5OS2/c1-8-26-54(27-9-1)87(55-28-10-2-11-29-55)61-48-70-81-71(49-61)90(59-36-18-6-19-37-59)83-65(44-46-77-79(83)63-40-22-24-42-75(63)93-77)85(81)67-52-68-73(53-69(67)89(70)58-34-16-5-17-35-58)92-74-51-62(88(56-30-12-3-13-31-56)57-32-14-4-15-33-57)50-72-82(74)86(68)66-45-47-78-80(64-41-23-25-43-76(64)94-78)84(66)91(72)60-38-20-7-21-39-60/h1-53H. The minimum absolute atomic E-state index is 0.222. The Morgan fingerprint density at radius 2 is 0.638 bits per heavy atom. The number of hydrogen-bond donors (Lipinski definition) is 0. The highest BCUT2D eigenvalue weighted by Crippen LogP contribution is 2.54. The molecule has 10 heteroatoms. The number of thiophene rings is 2. The molecule has 0 spiro atoms. The number of benzene rings is 14. The van der Waals surface area contributed by atoms with Crippen molar-refractivity contribution < 1.29 is 4.74 Å². The Morgan fingerprint density at radius 3 is 1.10 bits per heavy atom. The summed E-state index contributed by atoms with van der Waals surface area (Å²) in [5.41, 5.74) is 23.5. The first-order valence-electron chi connectivity index (χ1n) is 32.1. The maximum Gasteiger partial charge on any atom is 0.256 e. The summed E-state index contributed by atoms with van der Waals surface area (Å²) in [7, 11) is 0. The highest BCUT2D eigenvalue weighted by molar-refractivity contribution is 7.26. The lowest BCUT2D eigenvalue weighted by atomic mass is 9.30. The molecule has 2 aromatic heterocycles. The quantitative estimate of drug-likeness (QED) is 0.134. The van der Waals surface area contributed by atoms with Crippen molar-refractivity contribution in [2.45, 2.75) is 0 Å². The summed E-state index contributed by atoms with van der Waals surface area (Å²) < 4.78 is 12.9. The second-order valence-corrected chi connectivity index (χ2v) is 26.8. The summed E-state index contributed by atoms with van der Waals surface area (Å²) in [6, 6.07) is 119. The number of anilines is 15.